The van der Waals surface area contributed by atoms with Gasteiger partial charge in [0.2, 0.25) is 5.91 Å². The van der Waals surface area contributed by atoms with Gasteiger partial charge in [0.05, 0.1) is 23.7 Å². The summed E-state index contributed by atoms with van der Waals surface area (Å²) in [5.41, 5.74) is 2.89. The molecule has 6 heteroatoms. The number of amides is 2. The van der Waals surface area contributed by atoms with Crippen molar-refractivity contribution in [3.05, 3.63) is 94.8 Å². The van der Waals surface area contributed by atoms with E-state index in [0.717, 1.165) is 11.3 Å². The average Bonchev–Trinajstić information content (AvgIpc) is 3.00. The molecular formula is C22H18ClN3O2. The molecule has 1 aromatic heterocycles. The summed E-state index contributed by atoms with van der Waals surface area (Å²) in [6.07, 6.45) is 1.79. The number of benzene rings is 2. The maximum atomic E-state index is 12.9. The van der Waals surface area contributed by atoms with E-state index in [2.05, 4.69) is 10.3 Å². The van der Waals surface area contributed by atoms with E-state index >= 15 is 0 Å². The van der Waals surface area contributed by atoms with Gasteiger partial charge in [-0.15, -0.1) is 0 Å². The zero-order chi connectivity index (χ0) is 19.5. The van der Waals surface area contributed by atoms with Gasteiger partial charge in [-0.05, 0) is 42.0 Å². The van der Waals surface area contributed by atoms with Crippen molar-refractivity contribution in [1.82, 2.24) is 10.3 Å². The highest BCUT2D eigenvalue weighted by Gasteiger charge is 2.39. The zero-order valence-corrected chi connectivity index (χ0v) is 15.8. The monoisotopic (exact) mass is 391 g/mol. The SMILES string of the molecule is O=C(C[C@@H]1c2ncccc2C(=O)N1c1ccccc1)NCc1ccc(Cl)cc1. The first-order valence-corrected chi connectivity index (χ1v) is 9.36. The predicted molar refractivity (Wildman–Crippen MR) is 108 cm³/mol. The average molecular weight is 392 g/mol. The Morgan fingerprint density at radius 3 is 2.54 bits per heavy atom. The van der Waals surface area contributed by atoms with Crippen molar-refractivity contribution in [2.45, 2.75) is 19.0 Å². The van der Waals surface area contributed by atoms with Crippen LogP contribution in [0.15, 0.2) is 72.9 Å². The molecule has 0 radical (unpaired) electrons. The first kappa shape index (κ1) is 18.2. The Bertz CT molecular complexity index is 1010. The Balaban J connectivity index is 1.54. The molecule has 0 saturated heterocycles. The van der Waals surface area contributed by atoms with Crippen molar-refractivity contribution in [3.63, 3.8) is 0 Å². The van der Waals surface area contributed by atoms with Gasteiger partial charge in [0.1, 0.15) is 0 Å². The quantitative estimate of drug-likeness (QED) is 0.710. The number of rotatable bonds is 5. The van der Waals surface area contributed by atoms with Crippen molar-refractivity contribution >= 4 is 29.1 Å². The molecule has 3 aromatic rings. The van der Waals surface area contributed by atoms with Crippen LogP contribution < -0.4 is 10.2 Å². The Hall–Kier alpha value is -3.18. The predicted octanol–water partition coefficient (Wildman–Crippen LogP) is 4.14. The molecule has 0 saturated carbocycles. The van der Waals surface area contributed by atoms with Gasteiger partial charge in [-0.2, -0.15) is 0 Å². The number of carbonyl (C=O) groups excluding carboxylic acids is 2. The number of carbonyl (C=O) groups is 2. The van der Waals surface area contributed by atoms with Gasteiger partial charge in [0.15, 0.2) is 0 Å². The van der Waals surface area contributed by atoms with Gasteiger partial charge in [-0.3, -0.25) is 19.5 Å². The molecule has 4 rings (SSSR count). The molecule has 2 amide bonds. The molecule has 0 bridgehead atoms. The Morgan fingerprint density at radius 2 is 1.79 bits per heavy atom. The van der Waals surface area contributed by atoms with Crippen molar-refractivity contribution in [3.8, 4) is 0 Å². The number of pyridine rings is 1. The van der Waals surface area contributed by atoms with Crippen molar-refractivity contribution in [1.29, 1.82) is 0 Å². The summed E-state index contributed by atoms with van der Waals surface area (Å²) in [5.74, 6) is -0.281. The smallest absolute Gasteiger partial charge is 0.260 e. The standard InChI is InChI=1S/C22H18ClN3O2/c23-16-10-8-15(9-11-16)14-25-20(27)13-19-21-18(7-4-12-24-21)22(28)26(19)17-5-2-1-3-6-17/h1-12,19H,13-14H2,(H,25,27)/t19-/m1/s1. The third kappa shape index (κ3) is 3.62. The lowest BCUT2D eigenvalue weighted by atomic mass is 10.1. The minimum absolute atomic E-state index is 0.134. The van der Waals surface area contributed by atoms with Gasteiger partial charge in [0.25, 0.3) is 5.91 Å². The van der Waals surface area contributed by atoms with Gasteiger partial charge < -0.3 is 5.32 Å². The number of nitrogens with zero attached hydrogens (tertiary/aromatic N) is 2. The molecule has 5 nitrogen and oxygen atoms in total. The van der Waals surface area contributed by atoms with Crippen LogP contribution in [-0.2, 0) is 11.3 Å². The number of fused-ring (bicyclic) bond motifs is 1. The van der Waals surface area contributed by atoms with Crippen LogP contribution in [-0.4, -0.2) is 16.8 Å². The maximum absolute atomic E-state index is 12.9. The second-order valence-corrected chi connectivity index (χ2v) is 7.01. The largest absolute Gasteiger partial charge is 0.352 e. The molecule has 140 valence electrons. The molecule has 1 aliphatic heterocycles. The first-order valence-electron chi connectivity index (χ1n) is 8.98. The number of anilines is 1. The maximum Gasteiger partial charge on any atom is 0.260 e. The second-order valence-electron chi connectivity index (χ2n) is 6.57. The van der Waals surface area contributed by atoms with E-state index < -0.39 is 6.04 Å². The minimum atomic E-state index is -0.434. The highest BCUT2D eigenvalue weighted by atomic mass is 35.5. The highest BCUT2D eigenvalue weighted by Crippen LogP contribution is 2.38. The topological polar surface area (TPSA) is 62.3 Å². The molecular weight excluding hydrogens is 374 g/mol. The van der Waals surface area contributed by atoms with Crippen LogP contribution in [0.3, 0.4) is 0 Å². The third-order valence-electron chi connectivity index (χ3n) is 4.73. The Labute approximate surface area is 168 Å². The van der Waals surface area contributed by atoms with Gasteiger partial charge >= 0.3 is 0 Å². The van der Waals surface area contributed by atoms with E-state index in [1.54, 1.807) is 35.4 Å². The highest BCUT2D eigenvalue weighted by molar-refractivity contribution is 6.30. The normalized spacial score (nSPS) is 15.4. The van der Waals surface area contributed by atoms with E-state index in [1.165, 1.54) is 0 Å². The van der Waals surface area contributed by atoms with Gasteiger partial charge in [-0.1, -0.05) is 41.9 Å². The van der Waals surface area contributed by atoms with Crippen LogP contribution in [0.4, 0.5) is 5.69 Å². The fourth-order valence-electron chi connectivity index (χ4n) is 3.38. The van der Waals surface area contributed by atoms with E-state index in [1.807, 2.05) is 42.5 Å². The lowest BCUT2D eigenvalue weighted by Gasteiger charge is -2.24. The van der Waals surface area contributed by atoms with Crippen LogP contribution in [0.5, 0.6) is 0 Å². The summed E-state index contributed by atoms with van der Waals surface area (Å²) < 4.78 is 0. The lowest BCUT2D eigenvalue weighted by molar-refractivity contribution is -0.121. The molecule has 2 heterocycles. The molecule has 0 unspecified atom stereocenters. The summed E-state index contributed by atoms with van der Waals surface area (Å²) in [5, 5.41) is 3.57. The van der Waals surface area contributed by atoms with Crippen LogP contribution in [0.1, 0.15) is 34.1 Å². The Morgan fingerprint density at radius 1 is 1.04 bits per heavy atom. The molecule has 28 heavy (non-hydrogen) atoms. The summed E-state index contributed by atoms with van der Waals surface area (Å²) in [6, 6.07) is 19.7. The molecule has 2 aromatic carbocycles. The summed E-state index contributed by atoms with van der Waals surface area (Å²) >= 11 is 5.89. The van der Waals surface area contributed by atoms with Crippen LogP contribution in [0.2, 0.25) is 5.02 Å². The molecule has 1 aliphatic rings. The number of halogens is 1. The number of aromatic nitrogens is 1. The minimum Gasteiger partial charge on any atom is -0.352 e. The Kier molecular flexibility index (Phi) is 5.08. The summed E-state index contributed by atoms with van der Waals surface area (Å²) in [6.45, 7) is 0.400. The van der Waals surface area contributed by atoms with Gasteiger partial charge in [0, 0.05) is 23.5 Å². The van der Waals surface area contributed by atoms with Crippen LogP contribution in [0.25, 0.3) is 0 Å². The van der Waals surface area contributed by atoms with Crippen LogP contribution >= 0.6 is 11.6 Å². The fraction of sp³-hybridized carbons (Fsp3) is 0.136. The van der Waals surface area contributed by atoms with Crippen molar-refractivity contribution in [2.75, 3.05) is 4.90 Å². The van der Waals surface area contributed by atoms with E-state index in [9.17, 15) is 9.59 Å². The van der Waals surface area contributed by atoms with E-state index in [4.69, 9.17) is 11.6 Å². The summed E-state index contributed by atoms with van der Waals surface area (Å²) in [4.78, 5) is 31.6. The number of nitrogens with one attached hydrogen (secondary N) is 1. The van der Waals surface area contributed by atoms with Gasteiger partial charge in [-0.25, -0.2) is 0 Å². The summed E-state index contributed by atoms with van der Waals surface area (Å²) in [7, 11) is 0. The van der Waals surface area contributed by atoms with Crippen molar-refractivity contribution in [2.24, 2.45) is 0 Å². The molecule has 0 spiro atoms. The fourth-order valence-corrected chi connectivity index (χ4v) is 3.51. The number of hydrogen-bond acceptors (Lipinski definition) is 3. The van der Waals surface area contributed by atoms with E-state index in [-0.39, 0.29) is 18.2 Å². The first-order chi connectivity index (χ1) is 13.6. The zero-order valence-electron chi connectivity index (χ0n) is 15.0. The third-order valence-corrected chi connectivity index (χ3v) is 4.98. The second kappa shape index (κ2) is 7.82. The number of para-hydroxylation sites is 1. The van der Waals surface area contributed by atoms with E-state index in [0.29, 0.717) is 22.8 Å². The molecule has 0 fully saturated rings. The molecule has 1 N–H and O–H groups in total. The van der Waals surface area contributed by atoms with Crippen LogP contribution in [0, 0.1) is 0 Å². The molecule has 0 aliphatic carbocycles. The number of hydrogen-bond donors (Lipinski definition) is 1. The van der Waals surface area contributed by atoms with Crippen molar-refractivity contribution < 1.29 is 9.59 Å². The molecule has 1 atom stereocenters. The lowest BCUT2D eigenvalue weighted by Crippen LogP contribution is -2.32.